The highest BCUT2D eigenvalue weighted by Crippen LogP contribution is 2.31. The average molecular weight is 591 g/mol. The summed E-state index contributed by atoms with van der Waals surface area (Å²) in [5, 5.41) is 3.23. The van der Waals surface area contributed by atoms with Crippen LogP contribution < -0.4 is 9.62 Å². The maximum Gasteiger partial charge on any atom is 0.264 e. The molecule has 0 radical (unpaired) electrons. The maximum atomic E-state index is 13.9. The number of amides is 2. The Morgan fingerprint density at radius 2 is 1.54 bits per heavy atom. The quantitative estimate of drug-likeness (QED) is 0.326. The van der Waals surface area contributed by atoms with E-state index in [-0.39, 0.29) is 39.1 Å². The average Bonchev–Trinajstić information content (AvgIpc) is 2.87. The van der Waals surface area contributed by atoms with Crippen molar-refractivity contribution in [1.82, 2.24) is 10.2 Å². The van der Waals surface area contributed by atoms with E-state index >= 15 is 0 Å². The molecule has 3 aromatic carbocycles. The summed E-state index contributed by atoms with van der Waals surface area (Å²) < 4.78 is 28.7. The van der Waals surface area contributed by atoms with Gasteiger partial charge in [0.1, 0.15) is 12.6 Å². The largest absolute Gasteiger partial charge is 0.352 e. The van der Waals surface area contributed by atoms with Crippen LogP contribution in [0.15, 0.2) is 71.6 Å². The van der Waals surface area contributed by atoms with Crippen molar-refractivity contribution in [2.75, 3.05) is 10.8 Å². The third kappa shape index (κ3) is 7.75. The molecule has 1 N–H and O–H groups in total. The smallest absolute Gasteiger partial charge is 0.264 e. The summed E-state index contributed by atoms with van der Waals surface area (Å²) in [4.78, 5) is 28.3. The lowest BCUT2D eigenvalue weighted by Crippen LogP contribution is -2.52. The Hall–Kier alpha value is -3.07. The van der Waals surface area contributed by atoms with E-state index in [0.29, 0.717) is 0 Å². The Labute approximate surface area is 240 Å². The van der Waals surface area contributed by atoms with Crippen molar-refractivity contribution in [3.63, 3.8) is 0 Å². The van der Waals surface area contributed by atoms with Crippen LogP contribution in [0.5, 0.6) is 0 Å². The van der Waals surface area contributed by atoms with E-state index in [1.165, 1.54) is 35.2 Å². The fraction of sp³-hybridized carbons (Fsp3) is 0.310. The van der Waals surface area contributed by atoms with Gasteiger partial charge in [0, 0.05) is 12.6 Å². The second-order valence-electron chi connectivity index (χ2n) is 9.77. The van der Waals surface area contributed by atoms with Crippen LogP contribution in [-0.2, 0) is 26.2 Å². The first-order valence-electron chi connectivity index (χ1n) is 12.5. The summed E-state index contributed by atoms with van der Waals surface area (Å²) in [5.74, 6) is -0.891. The van der Waals surface area contributed by atoms with Gasteiger partial charge in [0.15, 0.2) is 0 Å². The molecule has 10 heteroatoms. The minimum atomic E-state index is -4.19. The van der Waals surface area contributed by atoms with Gasteiger partial charge in [0.25, 0.3) is 10.0 Å². The molecule has 0 bridgehead atoms. The fourth-order valence-corrected chi connectivity index (χ4v) is 5.70. The molecule has 7 nitrogen and oxygen atoms in total. The number of sulfonamides is 1. The molecule has 0 aliphatic heterocycles. The number of nitrogens with one attached hydrogen (secondary N) is 1. The summed E-state index contributed by atoms with van der Waals surface area (Å²) in [6.07, 6.45) is 0. The molecule has 39 heavy (non-hydrogen) atoms. The highest BCUT2D eigenvalue weighted by molar-refractivity contribution is 7.92. The third-order valence-electron chi connectivity index (χ3n) is 6.11. The number of rotatable bonds is 10. The van der Waals surface area contributed by atoms with Gasteiger partial charge in [-0.2, -0.15) is 0 Å². The van der Waals surface area contributed by atoms with Gasteiger partial charge in [-0.15, -0.1) is 0 Å². The lowest BCUT2D eigenvalue weighted by molar-refractivity contribution is -0.139. The van der Waals surface area contributed by atoms with Gasteiger partial charge in [0.05, 0.1) is 20.6 Å². The van der Waals surface area contributed by atoms with E-state index < -0.39 is 28.5 Å². The molecule has 0 saturated heterocycles. The molecule has 0 aliphatic carbocycles. The van der Waals surface area contributed by atoms with Crippen LogP contribution in [0.1, 0.15) is 37.5 Å². The lowest BCUT2D eigenvalue weighted by atomic mass is 10.1. The van der Waals surface area contributed by atoms with Crippen molar-refractivity contribution >= 4 is 50.7 Å². The van der Waals surface area contributed by atoms with Crippen LogP contribution >= 0.6 is 23.2 Å². The number of carbonyl (C=O) groups excluding carboxylic acids is 2. The third-order valence-corrected chi connectivity index (χ3v) is 8.64. The van der Waals surface area contributed by atoms with Gasteiger partial charge in [-0.25, -0.2) is 8.42 Å². The van der Waals surface area contributed by atoms with Crippen molar-refractivity contribution in [3.05, 3.63) is 93.5 Å². The van der Waals surface area contributed by atoms with Crippen molar-refractivity contribution < 1.29 is 18.0 Å². The first-order chi connectivity index (χ1) is 18.3. The van der Waals surface area contributed by atoms with Crippen LogP contribution in [0.25, 0.3) is 0 Å². The number of benzene rings is 3. The molecular weight excluding hydrogens is 557 g/mol. The van der Waals surface area contributed by atoms with Crippen molar-refractivity contribution in [2.45, 2.75) is 58.1 Å². The molecule has 0 aliphatic rings. The summed E-state index contributed by atoms with van der Waals surface area (Å²) in [6, 6.07) is 17.3. The van der Waals surface area contributed by atoms with E-state index in [9.17, 15) is 18.0 Å². The van der Waals surface area contributed by atoms with Crippen LogP contribution in [0.2, 0.25) is 10.0 Å². The Kier molecular flexibility index (Phi) is 10.0. The SMILES string of the molecule is Cc1ccc(S(=O)(=O)N(CC(=O)N(Cc2cccc(C)c2)[C@H](C)C(=O)NC(C)C)c2ccc(Cl)c(Cl)c2)cc1. The molecule has 0 saturated carbocycles. The number of hydrogen-bond acceptors (Lipinski definition) is 4. The number of carbonyl (C=O) groups is 2. The molecule has 0 heterocycles. The molecule has 1 atom stereocenters. The van der Waals surface area contributed by atoms with E-state index in [4.69, 9.17) is 23.2 Å². The predicted octanol–water partition coefficient (Wildman–Crippen LogP) is 5.75. The fourth-order valence-electron chi connectivity index (χ4n) is 4.00. The van der Waals surface area contributed by atoms with E-state index in [2.05, 4.69) is 5.32 Å². The van der Waals surface area contributed by atoms with Crippen LogP contribution in [-0.4, -0.2) is 43.8 Å². The number of aryl methyl sites for hydroxylation is 2. The highest BCUT2D eigenvalue weighted by Gasteiger charge is 2.33. The van der Waals surface area contributed by atoms with E-state index in [1.54, 1.807) is 19.1 Å². The molecule has 3 rings (SSSR count). The summed E-state index contributed by atoms with van der Waals surface area (Å²) in [7, 11) is -4.19. The molecule has 0 fully saturated rings. The van der Waals surface area contributed by atoms with Crippen LogP contribution in [0.3, 0.4) is 0 Å². The topological polar surface area (TPSA) is 86.8 Å². The number of anilines is 1. The minimum Gasteiger partial charge on any atom is -0.352 e. The molecular formula is C29H33Cl2N3O4S. The van der Waals surface area contributed by atoms with Gasteiger partial charge >= 0.3 is 0 Å². The van der Waals surface area contributed by atoms with E-state index in [0.717, 1.165) is 21.0 Å². The molecule has 0 aromatic heterocycles. The Morgan fingerprint density at radius 3 is 2.13 bits per heavy atom. The van der Waals surface area contributed by atoms with Gasteiger partial charge in [0.2, 0.25) is 11.8 Å². The predicted molar refractivity (Wildman–Crippen MR) is 157 cm³/mol. The number of hydrogen-bond donors (Lipinski definition) is 1. The van der Waals surface area contributed by atoms with Crippen molar-refractivity contribution in [2.24, 2.45) is 0 Å². The van der Waals surface area contributed by atoms with Gasteiger partial charge in [-0.3, -0.25) is 13.9 Å². The maximum absolute atomic E-state index is 13.9. The minimum absolute atomic E-state index is 0.0165. The first kappa shape index (κ1) is 30.5. The second kappa shape index (κ2) is 12.9. The zero-order chi connectivity index (χ0) is 28.9. The van der Waals surface area contributed by atoms with Crippen LogP contribution in [0.4, 0.5) is 5.69 Å². The molecule has 2 amide bonds. The number of halogens is 2. The molecule has 0 spiro atoms. The Morgan fingerprint density at radius 1 is 0.872 bits per heavy atom. The van der Waals surface area contributed by atoms with Crippen molar-refractivity contribution in [1.29, 1.82) is 0 Å². The van der Waals surface area contributed by atoms with Crippen molar-refractivity contribution in [3.8, 4) is 0 Å². The zero-order valence-corrected chi connectivity index (χ0v) is 24.9. The summed E-state index contributed by atoms with van der Waals surface area (Å²) >= 11 is 12.3. The molecule has 0 unspecified atom stereocenters. The standard InChI is InChI=1S/C29H33Cl2N3O4S/c1-19(2)32-29(36)22(5)33(17-23-8-6-7-21(4)15-23)28(35)18-34(24-11-14-26(30)27(31)16-24)39(37,38)25-12-9-20(3)10-13-25/h6-16,19,22H,17-18H2,1-5H3,(H,32,36)/t22-/m1/s1. The molecule has 3 aromatic rings. The monoisotopic (exact) mass is 589 g/mol. The lowest BCUT2D eigenvalue weighted by Gasteiger charge is -2.32. The second-order valence-corrected chi connectivity index (χ2v) is 12.4. The Balaban J connectivity index is 2.06. The number of nitrogens with zero attached hydrogens (tertiary/aromatic N) is 2. The van der Waals surface area contributed by atoms with Gasteiger partial charge < -0.3 is 10.2 Å². The van der Waals surface area contributed by atoms with Gasteiger partial charge in [-0.05, 0) is 70.5 Å². The Bertz CT molecular complexity index is 1440. The van der Waals surface area contributed by atoms with Gasteiger partial charge in [-0.1, -0.05) is 70.7 Å². The molecule has 208 valence electrons. The zero-order valence-electron chi connectivity index (χ0n) is 22.6. The summed E-state index contributed by atoms with van der Waals surface area (Å²) in [6.45, 7) is 8.64. The summed E-state index contributed by atoms with van der Waals surface area (Å²) in [5.41, 5.74) is 2.88. The normalized spacial score (nSPS) is 12.2. The van der Waals surface area contributed by atoms with E-state index in [1.807, 2.05) is 52.0 Å². The van der Waals surface area contributed by atoms with Crippen LogP contribution in [0, 0.1) is 13.8 Å². The first-order valence-corrected chi connectivity index (χ1v) is 14.7. The highest BCUT2D eigenvalue weighted by atomic mass is 35.5.